The predicted octanol–water partition coefficient (Wildman–Crippen LogP) is 2.81. The molecule has 3 heterocycles. The number of rotatable bonds is 4. The van der Waals surface area contributed by atoms with Gasteiger partial charge in [0.05, 0.1) is 12.6 Å². The number of nitrogens with zero attached hydrogens (tertiary/aromatic N) is 3. The van der Waals surface area contributed by atoms with Gasteiger partial charge in [0.2, 0.25) is 0 Å². The summed E-state index contributed by atoms with van der Waals surface area (Å²) in [6, 6.07) is 3.45. The Hall–Kier alpha value is -1.80. The van der Waals surface area contributed by atoms with Crippen LogP contribution in [0.3, 0.4) is 0 Å². The molecule has 2 aromatic heterocycles. The summed E-state index contributed by atoms with van der Waals surface area (Å²) in [5.74, 6) is -0.293. The molecule has 2 atom stereocenters. The van der Waals surface area contributed by atoms with Crippen molar-refractivity contribution in [3.63, 3.8) is 0 Å². The Morgan fingerprint density at radius 1 is 1.48 bits per heavy atom. The topological polar surface area (TPSA) is 47.4 Å². The van der Waals surface area contributed by atoms with Crippen LogP contribution in [0.25, 0.3) is 0 Å². The third-order valence-corrected chi connectivity index (χ3v) is 4.41. The first-order valence-corrected chi connectivity index (χ1v) is 8.25. The molecule has 1 aliphatic heterocycles. The van der Waals surface area contributed by atoms with E-state index < -0.39 is 13.0 Å². The zero-order valence-corrected chi connectivity index (χ0v) is 13.4. The lowest BCUT2D eigenvalue weighted by molar-refractivity contribution is -0.0693. The van der Waals surface area contributed by atoms with Crippen LogP contribution in [-0.2, 0) is 11.3 Å². The Labute approximate surface area is 136 Å². The summed E-state index contributed by atoms with van der Waals surface area (Å²) >= 11 is 1.57. The molecule has 1 saturated heterocycles. The van der Waals surface area contributed by atoms with Crippen LogP contribution in [0, 0.1) is 0 Å². The normalized spacial score (nSPS) is 21.8. The van der Waals surface area contributed by atoms with Gasteiger partial charge in [0.25, 0.3) is 12.3 Å². The molecule has 5 nitrogen and oxygen atoms in total. The molecule has 1 fully saturated rings. The number of thiophene rings is 1. The third-order valence-electron chi connectivity index (χ3n) is 3.71. The molecule has 0 unspecified atom stereocenters. The third kappa shape index (κ3) is 3.59. The monoisotopic (exact) mass is 341 g/mol. The van der Waals surface area contributed by atoms with Crippen LogP contribution in [0.1, 0.15) is 29.1 Å². The number of aromatic nitrogens is 2. The molecule has 8 heteroatoms. The van der Waals surface area contributed by atoms with Crippen LogP contribution in [0.5, 0.6) is 0 Å². The molecule has 1 aliphatic rings. The Morgan fingerprint density at radius 3 is 3.00 bits per heavy atom. The van der Waals surface area contributed by atoms with Crippen molar-refractivity contribution in [1.29, 1.82) is 0 Å². The Balaban J connectivity index is 1.77. The molecule has 0 aliphatic carbocycles. The molecule has 0 bridgehead atoms. The minimum atomic E-state index is -2.55. The number of carbonyl (C=O) groups is 1. The fourth-order valence-electron chi connectivity index (χ4n) is 2.71. The van der Waals surface area contributed by atoms with Crippen molar-refractivity contribution in [2.24, 2.45) is 0 Å². The van der Waals surface area contributed by atoms with E-state index in [2.05, 4.69) is 5.10 Å². The van der Waals surface area contributed by atoms with E-state index in [9.17, 15) is 13.6 Å². The standard InChI is InChI=1S/C15H17F2N3O2S/c1-10-6-19(7-13(22-10)11-3-5-23-9-11)15(21)12-2-4-18-20(12)8-14(16)17/h2-5,9-10,13-14H,6-8H2,1H3/t10-,13-/m1/s1. The lowest BCUT2D eigenvalue weighted by atomic mass is 10.1. The SMILES string of the molecule is C[C@@H]1CN(C(=O)c2ccnn2CC(F)F)C[C@H](c2ccsc2)O1. The summed E-state index contributed by atoms with van der Waals surface area (Å²) in [5, 5.41) is 7.77. The maximum absolute atomic E-state index is 12.7. The number of morpholine rings is 1. The summed E-state index contributed by atoms with van der Waals surface area (Å²) in [4.78, 5) is 14.3. The number of halogens is 2. The fraction of sp³-hybridized carbons (Fsp3) is 0.467. The highest BCUT2D eigenvalue weighted by Gasteiger charge is 2.31. The van der Waals surface area contributed by atoms with Gasteiger partial charge >= 0.3 is 0 Å². The summed E-state index contributed by atoms with van der Waals surface area (Å²) in [7, 11) is 0. The molecule has 0 saturated carbocycles. The van der Waals surface area contributed by atoms with E-state index >= 15 is 0 Å². The Morgan fingerprint density at radius 2 is 2.30 bits per heavy atom. The van der Waals surface area contributed by atoms with Gasteiger partial charge < -0.3 is 9.64 Å². The highest BCUT2D eigenvalue weighted by atomic mass is 32.1. The summed E-state index contributed by atoms with van der Waals surface area (Å²) in [6.45, 7) is 2.15. The van der Waals surface area contributed by atoms with Gasteiger partial charge in [0.1, 0.15) is 18.3 Å². The van der Waals surface area contributed by atoms with E-state index in [1.165, 1.54) is 12.3 Å². The van der Waals surface area contributed by atoms with Crippen LogP contribution in [0.2, 0.25) is 0 Å². The lowest BCUT2D eigenvalue weighted by Crippen LogP contribution is -2.46. The van der Waals surface area contributed by atoms with Gasteiger partial charge in [-0.3, -0.25) is 9.48 Å². The van der Waals surface area contributed by atoms with Gasteiger partial charge in [-0.1, -0.05) is 0 Å². The quantitative estimate of drug-likeness (QED) is 0.859. The van der Waals surface area contributed by atoms with Crippen LogP contribution < -0.4 is 0 Å². The average molecular weight is 341 g/mol. The average Bonchev–Trinajstić information content (AvgIpc) is 3.16. The van der Waals surface area contributed by atoms with Gasteiger partial charge in [-0.25, -0.2) is 8.78 Å². The first kappa shape index (κ1) is 16.1. The molecule has 0 N–H and O–H groups in total. The van der Waals surface area contributed by atoms with E-state index in [-0.39, 0.29) is 23.8 Å². The molecular weight excluding hydrogens is 324 g/mol. The minimum Gasteiger partial charge on any atom is -0.367 e. The van der Waals surface area contributed by atoms with E-state index in [1.807, 2.05) is 23.8 Å². The highest BCUT2D eigenvalue weighted by Crippen LogP contribution is 2.27. The second kappa shape index (κ2) is 6.76. The first-order chi connectivity index (χ1) is 11.0. The number of hydrogen-bond acceptors (Lipinski definition) is 4. The molecule has 0 radical (unpaired) electrons. The molecule has 124 valence electrons. The molecule has 0 spiro atoms. The van der Waals surface area contributed by atoms with Crippen LogP contribution >= 0.6 is 11.3 Å². The zero-order valence-electron chi connectivity index (χ0n) is 12.6. The Bertz CT molecular complexity index is 659. The molecular formula is C15H17F2N3O2S. The largest absolute Gasteiger partial charge is 0.367 e. The maximum atomic E-state index is 12.7. The zero-order chi connectivity index (χ0) is 16.4. The van der Waals surface area contributed by atoms with E-state index in [1.54, 1.807) is 16.2 Å². The number of alkyl halides is 2. The molecule has 1 amide bonds. The van der Waals surface area contributed by atoms with Crippen LogP contribution in [0.4, 0.5) is 8.78 Å². The van der Waals surface area contributed by atoms with Crippen LogP contribution in [0.15, 0.2) is 29.1 Å². The summed E-state index contributed by atoms with van der Waals surface area (Å²) in [6.07, 6.45) is -1.50. The summed E-state index contributed by atoms with van der Waals surface area (Å²) in [5.41, 5.74) is 1.21. The maximum Gasteiger partial charge on any atom is 0.272 e. The van der Waals surface area contributed by atoms with Gasteiger partial charge in [0, 0.05) is 12.7 Å². The highest BCUT2D eigenvalue weighted by molar-refractivity contribution is 7.07. The van der Waals surface area contributed by atoms with Crippen molar-refractivity contribution >= 4 is 17.2 Å². The van der Waals surface area contributed by atoms with E-state index in [4.69, 9.17) is 4.74 Å². The van der Waals surface area contributed by atoms with Gasteiger partial charge in [-0.2, -0.15) is 16.4 Å². The minimum absolute atomic E-state index is 0.121. The second-order valence-electron chi connectivity index (χ2n) is 5.49. The lowest BCUT2D eigenvalue weighted by Gasteiger charge is -2.36. The molecule has 3 rings (SSSR count). The van der Waals surface area contributed by atoms with Gasteiger partial charge in [-0.05, 0) is 35.4 Å². The Kier molecular flexibility index (Phi) is 4.72. The number of carbonyl (C=O) groups excluding carboxylic acids is 1. The predicted molar refractivity (Wildman–Crippen MR) is 81.7 cm³/mol. The smallest absolute Gasteiger partial charge is 0.272 e. The van der Waals surface area contributed by atoms with Gasteiger partial charge in [0.15, 0.2) is 0 Å². The number of ether oxygens (including phenoxy) is 1. The fourth-order valence-corrected chi connectivity index (χ4v) is 3.41. The van der Waals surface area contributed by atoms with Crippen molar-refractivity contribution in [3.05, 3.63) is 40.3 Å². The molecule has 2 aromatic rings. The van der Waals surface area contributed by atoms with E-state index in [0.29, 0.717) is 13.1 Å². The van der Waals surface area contributed by atoms with Crippen molar-refractivity contribution in [2.45, 2.75) is 32.1 Å². The summed E-state index contributed by atoms with van der Waals surface area (Å²) < 4.78 is 32.1. The van der Waals surface area contributed by atoms with Crippen molar-refractivity contribution < 1.29 is 18.3 Å². The van der Waals surface area contributed by atoms with E-state index in [0.717, 1.165) is 10.2 Å². The second-order valence-corrected chi connectivity index (χ2v) is 6.27. The first-order valence-electron chi connectivity index (χ1n) is 7.31. The molecule has 23 heavy (non-hydrogen) atoms. The van der Waals surface area contributed by atoms with Crippen molar-refractivity contribution in [1.82, 2.24) is 14.7 Å². The van der Waals surface area contributed by atoms with Crippen molar-refractivity contribution in [3.8, 4) is 0 Å². The number of hydrogen-bond donors (Lipinski definition) is 0. The van der Waals surface area contributed by atoms with Crippen molar-refractivity contribution in [2.75, 3.05) is 13.1 Å². The molecule has 0 aromatic carbocycles. The van der Waals surface area contributed by atoms with Crippen LogP contribution in [-0.4, -0.2) is 46.2 Å². The van der Waals surface area contributed by atoms with Gasteiger partial charge in [-0.15, -0.1) is 0 Å². The number of amides is 1.